The number of benzene rings is 2. The fourth-order valence-corrected chi connectivity index (χ4v) is 5.37. The quantitative estimate of drug-likeness (QED) is 0.548. The van der Waals surface area contributed by atoms with E-state index in [9.17, 15) is 13.2 Å². The van der Waals surface area contributed by atoms with Gasteiger partial charge in [0.25, 0.3) is 5.91 Å². The molecule has 10 heteroatoms. The number of aromatic nitrogens is 1. The van der Waals surface area contributed by atoms with Crippen LogP contribution in [-0.4, -0.2) is 38.6 Å². The van der Waals surface area contributed by atoms with Crippen LogP contribution in [0.5, 0.6) is 11.5 Å². The van der Waals surface area contributed by atoms with Crippen molar-refractivity contribution in [3.63, 3.8) is 0 Å². The van der Waals surface area contributed by atoms with Gasteiger partial charge < -0.3 is 9.47 Å². The number of carbonyl (C=O) groups excluding carboxylic acids is 1. The first-order chi connectivity index (χ1) is 14.5. The summed E-state index contributed by atoms with van der Waals surface area (Å²) in [5.74, 6) is 0.406. The minimum Gasteiger partial charge on any atom is -0.495 e. The Labute approximate surface area is 185 Å². The molecule has 0 unspecified atom stereocenters. The third kappa shape index (κ3) is 5.52. The molecule has 166 valence electrons. The molecular weight excluding hydrogens is 438 g/mol. The van der Waals surface area contributed by atoms with Crippen LogP contribution >= 0.6 is 11.3 Å². The zero-order chi connectivity index (χ0) is 22.8. The van der Waals surface area contributed by atoms with Gasteiger partial charge >= 0.3 is 0 Å². The number of ether oxygens (including phenoxy) is 2. The number of hydrogen-bond acceptors (Lipinski definition) is 7. The van der Waals surface area contributed by atoms with Gasteiger partial charge in [-0.1, -0.05) is 11.3 Å². The predicted molar refractivity (Wildman–Crippen MR) is 122 cm³/mol. The van der Waals surface area contributed by atoms with Crippen LogP contribution in [0.2, 0.25) is 0 Å². The topological polar surface area (TPSA) is 107 Å². The fourth-order valence-electron chi connectivity index (χ4n) is 2.87. The lowest BCUT2D eigenvalue weighted by Gasteiger charge is -2.21. The number of amides is 1. The van der Waals surface area contributed by atoms with Crippen molar-refractivity contribution < 1.29 is 22.7 Å². The Hall–Kier alpha value is -2.69. The molecule has 2 aromatic carbocycles. The van der Waals surface area contributed by atoms with Crippen LogP contribution < -0.4 is 19.5 Å². The second-order valence-electron chi connectivity index (χ2n) is 7.76. The first-order valence-electron chi connectivity index (χ1n) is 9.59. The van der Waals surface area contributed by atoms with Gasteiger partial charge in [0.15, 0.2) is 5.13 Å². The fraction of sp³-hybridized carbons (Fsp3) is 0.333. The number of anilines is 1. The Morgan fingerprint density at radius 3 is 2.55 bits per heavy atom. The zero-order valence-electron chi connectivity index (χ0n) is 18.0. The van der Waals surface area contributed by atoms with E-state index < -0.39 is 21.5 Å². The molecule has 0 spiro atoms. The summed E-state index contributed by atoms with van der Waals surface area (Å²) in [5.41, 5.74) is 0.212. The smallest absolute Gasteiger partial charge is 0.257 e. The van der Waals surface area contributed by atoms with Gasteiger partial charge in [-0.25, -0.2) is 18.1 Å². The monoisotopic (exact) mass is 463 g/mol. The van der Waals surface area contributed by atoms with Crippen molar-refractivity contribution in [1.29, 1.82) is 0 Å². The highest BCUT2D eigenvalue weighted by atomic mass is 32.2. The molecule has 0 atom stereocenters. The zero-order valence-corrected chi connectivity index (χ0v) is 19.6. The maximum atomic E-state index is 12.8. The molecule has 0 aliphatic carbocycles. The van der Waals surface area contributed by atoms with Crippen LogP contribution in [0.15, 0.2) is 41.3 Å². The Bertz CT molecular complexity index is 1210. The number of methoxy groups -OCH3 is 1. The van der Waals surface area contributed by atoms with E-state index in [-0.39, 0.29) is 16.2 Å². The van der Waals surface area contributed by atoms with Gasteiger partial charge in [-0.15, -0.1) is 0 Å². The van der Waals surface area contributed by atoms with Gasteiger partial charge in [-0.3, -0.25) is 10.1 Å². The number of sulfonamides is 1. The Kier molecular flexibility index (Phi) is 6.54. The SMILES string of the molecule is CCOc1ccc2nc(NC(=O)c3ccc(OC)c(S(=O)(=O)NC(C)(C)C)c3)sc2c1. The minimum atomic E-state index is -3.90. The molecule has 3 aromatic rings. The third-order valence-electron chi connectivity index (χ3n) is 4.05. The van der Waals surface area contributed by atoms with Crippen LogP contribution in [-0.2, 0) is 10.0 Å². The molecule has 31 heavy (non-hydrogen) atoms. The van der Waals surface area contributed by atoms with E-state index in [4.69, 9.17) is 9.47 Å². The van der Waals surface area contributed by atoms with Gasteiger partial charge in [0.05, 0.1) is 23.9 Å². The number of thiazole rings is 1. The van der Waals surface area contributed by atoms with Crippen LogP contribution in [0.3, 0.4) is 0 Å². The first kappa shape index (κ1) is 23.0. The summed E-state index contributed by atoms with van der Waals surface area (Å²) < 4.78 is 39.8. The number of rotatable bonds is 7. The maximum Gasteiger partial charge on any atom is 0.257 e. The molecule has 0 radical (unpaired) electrons. The number of nitrogens with one attached hydrogen (secondary N) is 2. The number of hydrogen-bond donors (Lipinski definition) is 2. The highest BCUT2D eigenvalue weighted by molar-refractivity contribution is 7.89. The summed E-state index contributed by atoms with van der Waals surface area (Å²) in [6, 6.07) is 9.76. The second kappa shape index (κ2) is 8.81. The van der Waals surface area contributed by atoms with Gasteiger partial charge in [0.1, 0.15) is 16.4 Å². The van der Waals surface area contributed by atoms with Crippen molar-refractivity contribution >= 4 is 42.6 Å². The molecular formula is C21H25N3O5S2. The summed E-state index contributed by atoms with van der Waals surface area (Å²) >= 11 is 1.31. The van der Waals surface area contributed by atoms with Gasteiger partial charge in [-0.2, -0.15) is 0 Å². The van der Waals surface area contributed by atoms with Gasteiger partial charge in [-0.05, 0) is 64.1 Å². The summed E-state index contributed by atoms with van der Waals surface area (Å²) in [7, 11) is -2.52. The lowest BCUT2D eigenvalue weighted by atomic mass is 10.1. The highest BCUT2D eigenvalue weighted by Gasteiger charge is 2.26. The molecule has 0 saturated carbocycles. The molecule has 1 amide bonds. The van der Waals surface area contributed by atoms with Crippen molar-refractivity contribution in [2.45, 2.75) is 38.1 Å². The molecule has 0 saturated heterocycles. The maximum absolute atomic E-state index is 12.8. The van der Waals surface area contributed by atoms with E-state index in [2.05, 4.69) is 15.0 Å². The van der Waals surface area contributed by atoms with Crippen LogP contribution in [0.25, 0.3) is 10.2 Å². The third-order valence-corrected chi connectivity index (χ3v) is 6.76. The first-order valence-corrected chi connectivity index (χ1v) is 11.9. The average Bonchev–Trinajstić information content (AvgIpc) is 3.07. The Morgan fingerprint density at radius 2 is 1.90 bits per heavy atom. The van der Waals surface area contributed by atoms with Crippen molar-refractivity contribution in [1.82, 2.24) is 9.71 Å². The summed E-state index contributed by atoms with van der Waals surface area (Å²) in [5, 5.41) is 3.14. The lowest BCUT2D eigenvalue weighted by molar-refractivity contribution is 0.102. The van der Waals surface area contributed by atoms with Crippen LogP contribution in [0.4, 0.5) is 5.13 Å². The van der Waals surface area contributed by atoms with Crippen molar-refractivity contribution in [2.75, 3.05) is 19.0 Å². The molecule has 0 fully saturated rings. The lowest BCUT2D eigenvalue weighted by Crippen LogP contribution is -2.40. The molecule has 1 aromatic heterocycles. The normalized spacial score (nSPS) is 12.0. The largest absolute Gasteiger partial charge is 0.495 e. The standard InChI is InChI=1S/C21H25N3O5S2/c1-6-29-14-8-9-15-17(12-14)30-20(22-15)23-19(25)13-7-10-16(28-5)18(11-13)31(26,27)24-21(2,3)4/h7-12,24H,6H2,1-5H3,(H,22,23,25). The minimum absolute atomic E-state index is 0.108. The molecule has 0 aliphatic rings. The molecule has 0 bridgehead atoms. The average molecular weight is 464 g/mol. The summed E-state index contributed by atoms with van der Waals surface area (Å²) in [6.07, 6.45) is 0. The van der Waals surface area contributed by atoms with Gasteiger partial charge in [0, 0.05) is 11.1 Å². The van der Waals surface area contributed by atoms with Crippen LogP contribution in [0, 0.1) is 0 Å². The number of nitrogens with zero attached hydrogens (tertiary/aromatic N) is 1. The second-order valence-corrected chi connectivity index (χ2v) is 10.4. The number of carbonyl (C=O) groups is 1. The summed E-state index contributed by atoms with van der Waals surface area (Å²) in [4.78, 5) is 17.1. The molecule has 2 N–H and O–H groups in total. The van der Waals surface area contributed by atoms with E-state index in [1.165, 1.54) is 36.6 Å². The molecule has 1 heterocycles. The highest BCUT2D eigenvalue weighted by Crippen LogP contribution is 2.30. The molecule has 8 nitrogen and oxygen atoms in total. The molecule has 3 rings (SSSR count). The molecule has 0 aliphatic heterocycles. The predicted octanol–water partition coefficient (Wildman–Crippen LogP) is 4.03. The van der Waals surface area contributed by atoms with Crippen molar-refractivity contribution in [3.8, 4) is 11.5 Å². The van der Waals surface area contributed by atoms with Crippen molar-refractivity contribution in [3.05, 3.63) is 42.0 Å². The Balaban J connectivity index is 1.89. The van der Waals surface area contributed by atoms with E-state index in [0.717, 1.165) is 16.0 Å². The van der Waals surface area contributed by atoms with Crippen molar-refractivity contribution in [2.24, 2.45) is 0 Å². The van der Waals surface area contributed by atoms with Crippen LogP contribution in [0.1, 0.15) is 38.1 Å². The van der Waals surface area contributed by atoms with E-state index in [1.54, 1.807) is 20.8 Å². The van der Waals surface area contributed by atoms with E-state index >= 15 is 0 Å². The van der Waals surface area contributed by atoms with E-state index in [1.807, 2.05) is 25.1 Å². The Morgan fingerprint density at radius 1 is 1.16 bits per heavy atom. The van der Waals surface area contributed by atoms with E-state index in [0.29, 0.717) is 11.7 Å². The number of fused-ring (bicyclic) bond motifs is 1. The summed E-state index contributed by atoms with van der Waals surface area (Å²) in [6.45, 7) is 7.66. The van der Waals surface area contributed by atoms with Gasteiger partial charge in [0.2, 0.25) is 10.0 Å².